The van der Waals surface area contributed by atoms with Gasteiger partial charge in [0.25, 0.3) is 0 Å². The van der Waals surface area contributed by atoms with E-state index < -0.39 is 12.0 Å². The van der Waals surface area contributed by atoms with Crippen LogP contribution in [0.2, 0.25) is 0 Å². The zero-order chi connectivity index (χ0) is 19.3. The number of aliphatic imine (C=N–C) groups is 1. The Balaban J connectivity index is 2.04. The monoisotopic (exact) mass is 381 g/mol. The number of nitrogen functional groups attached to an aromatic ring is 1. The summed E-state index contributed by atoms with van der Waals surface area (Å²) in [7, 11) is 0. The first kappa shape index (κ1) is 17.4. The molecule has 138 valence electrons. The molecule has 4 rings (SSSR count). The summed E-state index contributed by atoms with van der Waals surface area (Å²) in [4.78, 5) is 17.5. The number of thiophene rings is 1. The molecule has 0 amide bonds. The number of anilines is 1. The normalized spacial score (nSPS) is 15.7. The molecule has 3 N–H and O–H groups in total. The highest BCUT2D eigenvalue weighted by molar-refractivity contribution is 7.15. The number of carboxylic acids is 1. The summed E-state index contributed by atoms with van der Waals surface area (Å²) in [6, 6.07) is 6.88. The number of nitrogens with zero attached hydrogens (tertiary/aromatic N) is 4. The Morgan fingerprint density at radius 2 is 1.93 bits per heavy atom. The number of carbonyl (C=O) groups is 1. The minimum atomic E-state index is -0.925. The van der Waals surface area contributed by atoms with Crippen LogP contribution in [0.4, 0.5) is 5.69 Å². The highest BCUT2D eigenvalue weighted by Gasteiger charge is 2.32. The zero-order valence-electron chi connectivity index (χ0n) is 15.2. The number of rotatable bonds is 3. The van der Waals surface area contributed by atoms with E-state index in [1.165, 1.54) is 4.88 Å². The number of hydrogen-bond donors (Lipinski definition) is 2. The minimum absolute atomic E-state index is 0.149. The quantitative estimate of drug-likeness (QED) is 0.678. The Morgan fingerprint density at radius 3 is 2.59 bits per heavy atom. The van der Waals surface area contributed by atoms with Crippen LogP contribution < -0.4 is 5.73 Å². The average molecular weight is 381 g/mol. The molecule has 0 saturated heterocycles. The van der Waals surface area contributed by atoms with Crippen molar-refractivity contribution in [2.24, 2.45) is 4.99 Å². The molecule has 7 nitrogen and oxygen atoms in total. The maximum absolute atomic E-state index is 11.5. The van der Waals surface area contributed by atoms with E-state index in [4.69, 9.17) is 10.7 Å². The van der Waals surface area contributed by atoms with Gasteiger partial charge in [0.15, 0.2) is 5.82 Å². The number of aliphatic carboxylic acids is 1. The van der Waals surface area contributed by atoms with E-state index in [0.29, 0.717) is 11.5 Å². The summed E-state index contributed by atoms with van der Waals surface area (Å²) >= 11 is 1.64. The first-order valence-electron chi connectivity index (χ1n) is 8.55. The lowest BCUT2D eigenvalue weighted by Gasteiger charge is -2.10. The van der Waals surface area contributed by atoms with Gasteiger partial charge in [-0.3, -0.25) is 14.4 Å². The second kappa shape index (κ2) is 6.31. The number of carboxylic acid groups (broad SMARTS) is 1. The molecular formula is C19H19N5O2S. The van der Waals surface area contributed by atoms with Crippen LogP contribution in [-0.4, -0.2) is 31.6 Å². The summed E-state index contributed by atoms with van der Waals surface area (Å²) < 4.78 is 1.95. The lowest BCUT2D eigenvalue weighted by atomic mass is 9.99. The number of nitrogens with two attached hydrogens (primary N) is 1. The van der Waals surface area contributed by atoms with Crippen molar-refractivity contribution in [3.05, 3.63) is 57.5 Å². The molecule has 0 radical (unpaired) electrons. The fourth-order valence-corrected chi connectivity index (χ4v) is 4.55. The second-order valence-electron chi connectivity index (χ2n) is 6.62. The van der Waals surface area contributed by atoms with Crippen LogP contribution in [0.1, 0.15) is 45.7 Å². The van der Waals surface area contributed by atoms with Crippen LogP contribution in [0.5, 0.6) is 0 Å². The lowest BCUT2D eigenvalue weighted by molar-refractivity contribution is -0.137. The molecule has 0 unspecified atom stereocenters. The van der Waals surface area contributed by atoms with Crippen molar-refractivity contribution in [1.29, 1.82) is 0 Å². The number of hydrogen-bond acceptors (Lipinski definition) is 6. The molecule has 3 heterocycles. The van der Waals surface area contributed by atoms with Crippen LogP contribution in [0, 0.1) is 20.8 Å². The van der Waals surface area contributed by atoms with Gasteiger partial charge in [-0.15, -0.1) is 21.5 Å². The van der Waals surface area contributed by atoms with Crippen molar-refractivity contribution in [2.75, 3.05) is 5.73 Å². The Bertz CT molecular complexity index is 1080. The smallest absolute Gasteiger partial charge is 0.306 e. The van der Waals surface area contributed by atoms with Gasteiger partial charge in [-0.05, 0) is 38.5 Å². The zero-order valence-corrected chi connectivity index (χ0v) is 16.0. The Hall–Kier alpha value is -3.00. The molecule has 0 fully saturated rings. The third-order valence-corrected chi connectivity index (χ3v) is 5.98. The van der Waals surface area contributed by atoms with Crippen molar-refractivity contribution in [1.82, 2.24) is 14.8 Å². The third kappa shape index (κ3) is 2.82. The van der Waals surface area contributed by atoms with E-state index in [2.05, 4.69) is 24.0 Å². The number of fused-ring (bicyclic) bond motifs is 3. The minimum Gasteiger partial charge on any atom is -0.481 e. The molecule has 3 aromatic rings. The van der Waals surface area contributed by atoms with Crippen molar-refractivity contribution in [2.45, 2.75) is 33.2 Å². The summed E-state index contributed by atoms with van der Waals surface area (Å²) in [6.45, 7) is 6.01. The van der Waals surface area contributed by atoms with Crippen LogP contribution in [0.3, 0.4) is 0 Å². The largest absolute Gasteiger partial charge is 0.481 e. The van der Waals surface area contributed by atoms with Gasteiger partial charge in [0.2, 0.25) is 0 Å². The molecule has 0 bridgehead atoms. The molecule has 0 aliphatic carbocycles. The molecule has 1 aliphatic heterocycles. The average Bonchev–Trinajstić information content (AvgIpc) is 3.08. The molecule has 8 heteroatoms. The van der Waals surface area contributed by atoms with Crippen molar-refractivity contribution in [3.63, 3.8) is 0 Å². The second-order valence-corrected chi connectivity index (χ2v) is 7.82. The van der Waals surface area contributed by atoms with Gasteiger partial charge in [0, 0.05) is 21.7 Å². The first-order valence-corrected chi connectivity index (χ1v) is 9.36. The molecule has 1 atom stereocenters. The standard InChI is InChI=1S/C19H19N5O2S/c1-9-10(2)27-19-16(9)17(12-4-6-13(20)7-5-12)21-14(8-15(25)26)18-23-22-11(3)24(18)19/h4-7,14H,8,20H2,1-3H3,(H,25,26)/t14-/m0/s1. The summed E-state index contributed by atoms with van der Waals surface area (Å²) in [6.07, 6.45) is -0.149. The van der Waals surface area contributed by atoms with Gasteiger partial charge >= 0.3 is 5.97 Å². The van der Waals surface area contributed by atoms with Crippen molar-refractivity contribution < 1.29 is 9.90 Å². The van der Waals surface area contributed by atoms with E-state index >= 15 is 0 Å². The molecular weight excluding hydrogens is 362 g/mol. The maximum atomic E-state index is 11.5. The van der Waals surface area contributed by atoms with Crippen molar-refractivity contribution in [3.8, 4) is 5.00 Å². The Morgan fingerprint density at radius 1 is 1.22 bits per heavy atom. The molecule has 0 spiro atoms. The third-order valence-electron chi connectivity index (χ3n) is 4.79. The molecule has 1 aromatic carbocycles. The van der Waals surface area contributed by atoms with Gasteiger partial charge in [0.05, 0.1) is 12.1 Å². The van der Waals surface area contributed by atoms with Crippen LogP contribution in [-0.2, 0) is 4.79 Å². The number of benzene rings is 1. The fraction of sp³-hybridized carbons (Fsp3) is 0.263. The molecule has 27 heavy (non-hydrogen) atoms. The van der Waals surface area contributed by atoms with Gasteiger partial charge in [-0.25, -0.2) is 0 Å². The van der Waals surface area contributed by atoms with Crippen molar-refractivity contribution >= 4 is 28.7 Å². The lowest BCUT2D eigenvalue weighted by Crippen LogP contribution is -2.10. The predicted octanol–water partition coefficient (Wildman–Crippen LogP) is 3.20. The Labute approximate surface area is 160 Å². The van der Waals surface area contributed by atoms with Crippen LogP contribution in [0.25, 0.3) is 5.00 Å². The number of aryl methyl sites for hydroxylation is 2. The highest BCUT2D eigenvalue weighted by atomic mass is 32.1. The first-order chi connectivity index (χ1) is 12.9. The van der Waals surface area contributed by atoms with Crippen LogP contribution >= 0.6 is 11.3 Å². The van der Waals surface area contributed by atoms with Crippen LogP contribution in [0.15, 0.2) is 29.3 Å². The van der Waals surface area contributed by atoms with E-state index in [1.54, 1.807) is 11.3 Å². The summed E-state index contributed by atoms with van der Waals surface area (Å²) in [5.41, 5.74) is 10.3. The van der Waals surface area contributed by atoms with E-state index in [9.17, 15) is 9.90 Å². The Kier molecular flexibility index (Phi) is 4.07. The van der Waals surface area contributed by atoms with Gasteiger partial charge in [0.1, 0.15) is 16.9 Å². The summed E-state index contributed by atoms with van der Waals surface area (Å²) in [5.74, 6) is 0.352. The van der Waals surface area contributed by atoms with E-state index in [0.717, 1.165) is 33.2 Å². The predicted molar refractivity (Wildman–Crippen MR) is 105 cm³/mol. The molecule has 0 saturated carbocycles. The topological polar surface area (TPSA) is 106 Å². The number of aromatic nitrogens is 3. The SMILES string of the molecule is Cc1sc2c(c1C)C(c1ccc(N)cc1)=N[C@@H](CC(=O)O)c1nnc(C)n1-2. The van der Waals surface area contributed by atoms with Gasteiger partial charge < -0.3 is 10.8 Å². The highest BCUT2D eigenvalue weighted by Crippen LogP contribution is 2.39. The van der Waals surface area contributed by atoms with Gasteiger partial charge in [-0.1, -0.05) is 12.1 Å². The van der Waals surface area contributed by atoms with E-state index in [-0.39, 0.29) is 6.42 Å². The molecule has 1 aliphatic rings. The summed E-state index contributed by atoms with van der Waals surface area (Å²) in [5, 5.41) is 18.8. The van der Waals surface area contributed by atoms with E-state index in [1.807, 2.05) is 35.8 Å². The molecule has 2 aromatic heterocycles. The van der Waals surface area contributed by atoms with Gasteiger partial charge in [-0.2, -0.15) is 0 Å². The fourth-order valence-electron chi connectivity index (χ4n) is 3.33. The maximum Gasteiger partial charge on any atom is 0.306 e.